The van der Waals surface area contributed by atoms with Crippen molar-refractivity contribution in [2.45, 2.75) is 23.3 Å². The first kappa shape index (κ1) is 15.3. The highest BCUT2D eigenvalue weighted by Gasteiger charge is 2.12. The average molecular weight is 359 g/mol. The molecule has 0 fully saturated rings. The summed E-state index contributed by atoms with van der Waals surface area (Å²) in [6.45, 7) is 2.56. The Kier molecular flexibility index (Phi) is 5.37. The number of pyridine rings is 1. The molecule has 0 atom stereocenters. The van der Waals surface area contributed by atoms with Crippen LogP contribution in [0.3, 0.4) is 0 Å². The lowest BCUT2D eigenvalue weighted by Crippen LogP contribution is -2.06. The SMILES string of the molecule is CCCNc1nc(Sc2ccc(Br)cc2)c(F)cc1F. The van der Waals surface area contributed by atoms with Gasteiger partial charge in [0, 0.05) is 22.0 Å². The third-order valence-corrected chi connectivity index (χ3v) is 3.98. The Labute approximate surface area is 129 Å². The first-order valence-electron chi connectivity index (χ1n) is 6.13. The van der Waals surface area contributed by atoms with Crippen LogP contribution in [0.4, 0.5) is 14.6 Å². The van der Waals surface area contributed by atoms with E-state index in [0.717, 1.165) is 21.9 Å². The van der Waals surface area contributed by atoms with Crippen LogP contribution in [0.1, 0.15) is 13.3 Å². The van der Waals surface area contributed by atoms with Crippen molar-refractivity contribution in [3.8, 4) is 0 Å². The van der Waals surface area contributed by atoms with Crippen molar-refractivity contribution in [3.63, 3.8) is 0 Å². The minimum atomic E-state index is -0.670. The maximum Gasteiger partial charge on any atom is 0.168 e. The fraction of sp³-hybridized carbons (Fsp3) is 0.214. The molecule has 0 saturated carbocycles. The number of halogens is 3. The maximum absolute atomic E-state index is 13.8. The van der Waals surface area contributed by atoms with Gasteiger partial charge in [0.25, 0.3) is 0 Å². The Bertz CT molecular complexity index is 590. The van der Waals surface area contributed by atoms with Gasteiger partial charge in [-0.1, -0.05) is 34.6 Å². The molecule has 0 aliphatic heterocycles. The number of anilines is 1. The molecule has 0 bridgehead atoms. The molecule has 1 aromatic heterocycles. The van der Waals surface area contributed by atoms with E-state index in [0.29, 0.717) is 6.54 Å². The van der Waals surface area contributed by atoms with Crippen LogP contribution in [0.2, 0.25) is 0 Å². The van der Waals surface area contributed by atoms with Gasteiger partial charge in [-0.25, -0.2) is 13.8 Å². The Morgan fingerprint density at radius 3 is 2.55 bits per heavy atom. The molecular formula is C14H13BrF2N2S. The van der Waals surface area contributed by atoms with Gasteiger partial charge < -0.3 is 5.32 Å². The van der Waals surface area contributed by atoms with Crippen molar-refractivity contribution in [2.24, 2.45) is 0 Å². The molecule has 0 amide bonds. The number of aromatic nitrogens is 1. The third kappa shape index (κ3) is 3.93. The predicted octanol–water partition coefficient (Wildman–Crippen LogP) is 5.10. The summed E-state index contributed by atoms with van der Waals surface area (Å²) in [6.07, 6.45) is 0.841. The molecule has 106 valence electrons. The van der Waals surface area contributed by atoms with Crippen molar-refractivity contribution < 1.29 is 8.78 Å². The Morgan fingerprint density at radius 2 is 1.90 bits per heavy atom. The normalized spacial score (nSPS) is 10.6. The van der Waals surface area contributed by atoms with Crippen LogP contribution in [0.15, 0.2) is 44.7 Å². The molecule has 2 rings (SSSR count). The summed E-state index contributed by atoms with van der Waals surface area (Å²) in [5, 5.41) is 3.01. The van der Waals surface area contributed by atoms with E-state index in [1.807, 2.05) is 31.2 Å². The highest BCUT2D eigenvalue weighted by atomic mass is 79.9. The van der Waals surface area contributed by atoms with E-state index in [1.54, 1.807) is 0 Å². The molecule has 0 saturated heterocycles. The van der Waals surface area contributed by atoms with Gasteiger partial charge in [-0.3, -0.25) is 0 Å². The zero-order valence-corrected chi connectivity index (χ0v) is 13.2. The van der Waals surface area contributed by atoms with E-state index in [2.05, 4.69) is 26.2 Å². The molecule has 0 radical (unpaired) electrons. The molecular weight excluding hydrogens is 346 g/mol. The maximum atomic E-state index is 13.8. The highest BCUT2D eigenvalue weighted by Crippen LogP contribution is 2.31. The fourth-order valence-electron chi connectivity index (χ4n) is 1.50. The Morgan fingerprint density at radius 1 is 1.20 bits per heavy atom. The summed E-state index contributed by atoms with van der Waals surface area (Å²) >= 11 is 4.50. The molecule has 0 spiro atoms. The number of hydrogen-bond acceptors (Lipinski definition) is 3. The van der Waals surface area contributed by atoms with Crippen molar-refractivity contribution >= 4 is 33.5 Å². The van der Waals surface area contributed by atoms with Crippen LogP contribution in [-0.2, 0) is 0 Å². The minimum Gasteiger partial charge on any atom is -0.368 e. The van der Waals surface area contributed by atoms with Crippen LogP contribution in [-0.4, -0.2) is 11.5 Å². The van der Waals surface area contributed by atoms with Crippen LogP contribution >= 0.6 is 27.7 Å². The lowest BCUT2D eigenvalue weighted by Gasteiger charge is -2.08. The third-order valence-electron chi connectivity index (χ3n) is 2.47. The second-order valence-electron chi connectivity index (χ2n) is 4.09. The second-order valence-corrected chi connectivity index (χ2v) is 6.07. The summed E-state index contributed by atoms with van der Waals surface area (Å²) in [7, 11) is 0. The molecule has 20 heavy (non-hydrogen) atoms. The molecule has 0 aliphatic carbocycles. The summed E-state index contributed by atoms with van der Waals surface area (Å²) in [4.78, 5) is 4.86. The zero-order valence-electron chi connectivity index (χ0n) is 10.8. The van der Waals surface area contributed by atoms with Gasteiger partial charge in [0.05, 0.1) is 0 Å². The monoisotopic (exact) mass is 358 g/mol. The Balaban J connectivity index is 2.24. The summed E-state index contributed by atoms with van der Waals surface area (Å²) in [5.74, 6) is -1.23. The van der Waals surface area contributed by atoms with Gasteiger partial charge in [0.1, 0.15) is 5.03 Å². The van der Waals surface area contributed by atoms with Gasteiger partial charge >= 0.3 is 0 Å². The lowest BCUT2D eigenvalue weighted by atomic mass is 10.4. The molecule has 6 heteroatoms. The summed E-state index contributed by atoms with van der Waals surface area (Å²) in [6, 6.07) is 8.28. The Hall–Kier alpha value is -1.14. The topological polar surface area (TPSA) is 24.9 Å². The van der Waals surface area contributed by atoms with E-state index in [-0.39, 0.29) is 10.8 Å². The zero-order chi connectivity index (χ0) is 14.5. The smallest absolute Gasteiger partial charge is 0.168 e. The molecule has 0 unspecified atom stereocenters. The predicted molar refractivity (Wildman–Crippen MR) is 81.2 cm³/mol. The number of nitrogens with one attached hydrogen (secondary N) is 1. The van der Waals surface area contributed by atoms with Crippen LogP contribution in [0.25, 0.3) is 0 Å². The molecule has 0 aliphatic rings. The van der Waals surface area contributed by atoms with Crippen molar-refractivity contribution in [3.05, 3.63) is 46.4 Å². The fourth-order valence-corrected chi connectivity index (χ4v) is 2.56. The quantitative estimate of drug-likeness (QED) is 0.805. The largest absolute Gasteiger partial charge is 0.368 e. The number of nitrogens with zero attached hydrogens (tertiary/aromatic N) is 1. The van der Waals surface area contributed by atoms with Crippen LogP contribution in [0, 0.1) is 11.6 Å². The molecule has 1 N–H and O–H groups in total. The minimum absolute atomic E-state index is 0.0906. The number of benzene rings is 1. The van der Waals surface area contributed by atoms with Gasteiger partial charge in [-0.05, 0) is 30.7 Å². The van der Waals surface area contributed by atoms with E-state index in [9.17, 15) is 8.78 Å². The molecule has 1 heterocycles. The second kappa shape index (κ2) is 7.04. The number of hydrogen-bond donors (Lipinski definition) is 1. The molecule has 2 nitrogen and oxygen atoms in total. The van der Waals surface area contributed by atoms with Gasteiger partial charge in [-0.2, -0.15) is 0 Å². The first-order chi connectivity index (χ1) is 9.60. The summed E-state index contributed by atoms with van der Waals surface area (Å²) < 4.78 is 28.3. The van der Waals surface area contributed by atoms with Crippen molar-refractivity contribution in [1.29, 1.82) is 0 Å². The van der Waals surface area contributed by atoms with Gasteiger partial charge in [0.15, 0.2) is 17.5 Å². The molecule has 2 aromatic rings. The van der Waals surface area contributed by atoms with Crippen molar-refractivity contribution in [2.75, 3.05) is 11.9 Å². The number of rotatable bonds is 5. The van der Waals surface area contributed by atoms with E-state index in [1.165, 1.54) is 11.8 Å². The lowest BCUT2D eigenvalue weighted by molar-refractivity contribution is 0.551. The molecule has 1 aromatic carbocycles. The highest BCUT2D eigenvalue weighted by molar-refractivity contribution is 9.10. The van der Waals surface area contributed by atoms with Crippen molar-refractivity contribution in [1.82, 2.24) is 4.98 Å². The van der Waals surface area contributed by atoms with E-state index >= 15 is 0 Å². The van der Waals surface area contributed by atoms with Gasteiger partial charge in [-0.15, -0.1) is 0 Å². The van der Waals surface area contributed by atoms with Crippen LogP contribution < -0.4 is 5.32 Å². The average Bonchev–Trinajstić information content (AvgIpc) is 2.43. The van der Waals surface area contributed by atoms with E-state index in [4.69, 9.17) is 0 Å². The standard InChI is InChI=1S/C14H13BrF2N2S/c1-2-7-18-13-11(16)8-12(17)14(19-13)20-10-5-3-9(15)4-6-10/h3-6,8H,2,7H2,1H3,(H,18,19). The van der Waals surface area contributed by atoms with E-state index < -0.39 is 11.6 Å². The van der Waals surface area contributed by atoms with Gasteiger partial charge in [0.2, 0.25) is 0 Å². The van der Waals surface area contributed by atoms with Crippen LogP contribution in [0.5, 0.6) is 0 Å². The summed E-state index contributed by atoms with van der Waals surface area (Å²) in [5.41, 5.74) is 0. The first-order valence-corrected chi connectivity index (χ1v) is 7.74.